The lowest BCUT2D eigenvalue weighted by atomic mass is 9.99. The summed E-state index contributed by atoms with van der Waals surface area (Å²) in [6, 6.07) is 40.6. The maximum atomic E-state index is 6.62. The first-order valence-corrected chi connectivity index (χ1v) is 13.6. The van der Waals surface area contributed by atoms with Crippen LogP contribution in [0.5, 0.6) is 0 Å². The van der Waals surface area contributed by atoms with Gasteiger partial charge in [0.15, 0.2) is 12.1 Å². The largest absolute Gasteiger partial charge is 0.374 e. The Balaban J connectivity index is 1.33. The van der Waals surface area contributed by atoms with Gasteiger partial charge in [0.05, 0.1) is 33.0 Å². The van der Waals surface area contributed by atoms with Gasteiger partial charge in [0.25, 0.3) is 0 Å². The van der Waals surface area contributed by atoms with Crippen LogP contribution in [0.3, 0.4) is 0 Å². The van der Waals surface area contributed by atoms with Gasteiger partial charge >= 0.3 is 0 Å². The number of benzene rings is 4. The average molecular weight is 525 g/mol. The lowest BCUT2D eigenvalue weighted by Crippen LogP contribution is -2.56. The molecule has 0 spiro atoms. The molecule has 1 heterocycles. The monoisotopic (exact) mass is 524 g/mol. The van der Waals surface area contributed by atoms with Crippen molar-refractivity contribution in [2.45, 2.75) is 57.5 Å². The third-order valence-electron chi connectivity index (χ3n) is 6.85. The molecule has 0 aromatic heterocycles. The van der Waals surface area contributed by atoms with Crippen molar-refractivity contribution in [3.8, 4) is 0 Å². The molecule has 4 aromatic rings. The van der Waals surface area contributed by atoms with E-state index in [9.17, 15) is 0 Å². The van der Waals surface area contributed by atoms with Crippen molar-refractivity contribution in [3.05, 3.63) is 144 Å². The highest BCUT2D eigenvalue weighted by Gasteiger charge is 2.47. The summed E-state index contributed by atoms with van der Waals surface area (Å²) in [4.78, 5) is 0. The maximum Gasteiger partial charge on any atom is 0.197 e. The van der Waals surface area contributed by atoms with E-state index in [2.05, 4.69) is 48.5 Å². The van der Waals surface area contributed by atoms with Crippen molar-refractivity contribution >= 4 is 0 Å². The Morgan fingerprint density at radius 1 is 0.564 bits per heavy atom. The minimum atomic E-state index is -0.991. The normalized spacial score (nSPS) is 18.6. The lowest BCUT2D eigenvalue weighted by molar-refractivity contribution is -0.363. The Hall–Kier alpha value is -3.32. The van der Waals surface area contributed by atoms with Crippen LogP contribution in [0.15, 0.2) is 121 Å². The molecule has 1 aliphatic heterocycles. The first-order valence-electron chi connectivity index (χ1n) is 13.6. The van der Waals surface area contributed by atoms with Gasteiger partial charge < -0.3 is 23.7 Å². The van der Waals surface area contributed by atoms with Crippen LogP contribution in [-0.4, -0.2) is 24.8 Å². The van der Waals surface area contributed by atoms with Crippen LogP contribution in [0.4, 0.5) is 0 Å². The number of hydrogen-bond donors (Lipinski definition) is 0. The quantitative estimate of drug-likeness (QED) is 0.175. The molecular formula is C34H36O5. The van der Waals surface area contributed by atoms with Crippen LogP contribution in [0, 0.1) is 0 Å². The Kier molecular flexibility index (Phi) is 9.91. The smallest absolute Gasteiger partial charge is 0.197 e. The van der Waals surface area contributed by atoms with Gasteiger partial charge in [-0.1, -0.05) is 121 Å². The van der Waals surface area contributed by atoms with E-state index in [0.717, 1.165) is 22.3 Å². The molecule has 0 bridgehead atoms. The lowest BCUT2D eigenvalue weighted by Gasteiger charge is -2.45. The van der Waals surface area contributed by atoms with Crippen molar-refractivity contribution in [2.24, 2.45) is 0 Å². The van der Waals surface area contributed by atoms with Crippen molar-refractivity contribution < 1.29 is 23.7 Å². The molecule has 4 aromatic carbocycles. The molecule has 39 heavy (non-hydrogen) atoms. The summed E-state index contributed by atoms with van der Waals surface area (Å²) in [5, 5.41) is 0. The van der Waals surface area contributed by atoms with Gasteiger partial charge in [0.1, 0.15) is 6.10 Å². The fourth-order valence-corrected chi connectivity index (χ4v) is 4.68. The highest BCUT2D eigenvalue weighted by atomic mass is 16.8. The number of ether oxygens (including phenoxy) is 5. The molecule has 2 unspecified atom stereocenters. The van der Waals surface area contributed by atoms with Gasteiger partial charge in [-0.05, 0) is 22.3 Å². The molecule has 202 valence electrons. The Morgan fingerprint density at radius 3 is 1.49 bits per heavy atom. The third-order valence-corrected chi connectivity index (χ3v) is 6.85. The van der Waals surface area contributed by atoms with Crippen molar-refractivity contribution in [1.29, 1.82) is 0 Å². The average Bonchev–Trinajstić information content (AvgIpc) is 3.01. The third kappa shape index (κ3) is 8.09. The van der Waals surface area contributed by atoms with Crippen LogP contribution in [0.2, 0.25) is 0 Å². The zero-order chi connectivity index (χ0) is 26.6. The summed E-state index contributed by atoms with van der Waals surface area (Å²) in [5.74, 6) is -0.991. The van der Waals surface area contributed by atoms with E-state index >= 15 is 0 Å². The summed E-state index contributed by atoms with van der Waals surface area (Å²) in [5.41, 5.74) is 4.36. The van der Waals surface area contributed by atoms with E-state index < -0.39 is 11.9 Å². The molecule has 5 heteroatoms. The van der Waals surface area contributed by atoms with E-state index in [1.165, 1.54) is 0 Å². The van der Waals surface area contributed by atoms with Gasteiger partial charge in [0, 0.05) is 12.8 Å². The molecule has 1 aliphatic rings. The second-order valence-corrected chi connectivity index (χ2v) is 9.75. The Bertz CT molecular complexity index is 1170. The van der Waals surface area contributed by atoms with Gasteiger partial charge in [0.2, 0.25) is 0 Å². The van der Waals surface area contributed by atoms with Crippen LogP contribution in [0.1, 0.15) is 35.1 Å². The first kappa shape index (κ1) is 27.3. The molecule has 0 amide bonds. The second-order valence-electron chi connectivity index (χ2n) is 9.75. The fourth-order valence-electron chi connectivity index (χ4n) is 4.68. The van der Waals surface area contributed by atoms with Gasteiger partial charge in [-0.25, -0.2) is 0 Å². The SMILES string of the molecule is c1ccc(COCC2OC(OCc3ccccc3)CCC2(OCc2ccccc2)OCc2ccccc2)cc1. The predicted molar refractivity (Wildman–Crippen MR) is 150 cm³/mol. The second kappa shape index (κ2) is 14.2. The molecule has 1 fully saturated rings. The van der Waals surface area contributed by atoms with Gasteiger partial charge in [-0.3, -0.25) is 0 Å². The molecule has 0 N–H and O–H groups in total. The summed E-state index contributed by atoms with van der Waals surface area (Å²) in [6.07, 6.45) is 0.393. The van der Waals surface area contributed by atoms with E-state index in [-0.39, 0.29) is 6.29 Å². The minimum absolute atomic E-state index is 0.309. The van der Waals surface area contributed by atoms with Gasteiger partial charge in [-0.2, -0.15) is 0 Å². The highest BCUT2D eigenvalue weighted by Crippen LogP contribution is 2.36. The minimum Gasteiger partial charge on any atom is -0.374 e. The molecule has 0 radical (unpaired) electrons. The van der Waals surface area contributed by atoms with Crippen molar-refractivity contribution in [1.82, 2.24) is 0 Å². The van der Waals surface area contributed by atoms with Crippen LogP contribution in [0.25, 0.3) is 0 Å². The topological polar surface area (TPSA) is 46.2 Å². The van der Waals surface area contributed by atoms with Crippen LogP contribution in [-0.2, 0) is 50.1 Å². The zero-order valence-electron chi connectivity index (χ0n) is 22.2. The summed E-state index contributed by atoms with van der Waals surface area (Å²) < 4.78 is 32.2. The number of rotatable bonds is 13. The fraction of sp³-hybridized carbons (Fsp3) is 0.294. The Morgan fingerprint density at radius 2 is 1.00 bits per heavy atom. The molecule has 5 rings (SSSR count). The standard InChI is InChI=1S/C34H36O5/c1-5-13-28(14-6-1)23-35-27-32-34(37-25-30-17-9-3-10-18-30,38-26-31-19-11-4-12-20-31)22-21-33(39-32)36-24-29-15-7-2-8-16-29/h1-20,32-33H,21-27H2. The predicted octanol–water partition coefficient (Wildman–Crippen LogP) is 7.06. The van der Waals surface area contributed by atoms with E-state index in [1.807, 2.05) is 72.8 Å². The summed E-state index contributed by atoms with van der Waals surface area (Å²) in [6.45, 7) is 2.08. The molecule has 2 atom stereocenters. The Labute approximate surface area is 231 Å². The molecule has 0 aliphatic carbocycles. The summed E-state index contributed by atoms with van der Waals surface area (Å²) >= 11 is 0. The van der Waals surface area contributed by atoms with Crippen molar-refractivity contribution in [3.63, 3.8) is 0 Å². The maximum absolute atomic E-state index is 6.62. The summed E-state index contributed by atoms with van der Waals surface area (Å²) in [7, 11) is 0. The van der Waals surface area contributed by atoms with E-state index in [4.69, 9.17) is 23.7 Å². The van der Waals surface area contributed by atoms with E-state index in [0.29, 0.717) is 45.9 Å². The number of hydrogen-bond acceptors (Lipinski definition) is 5. The molecular weight excluding hydrogens is 488 g/mol. The first-order chi connectivity index (χ1) is 19.3. The van der Waals surface area contributed by atoms with Crippen molar-refractivity contribution in [2.75, 3.05) is 6.61 Å². The molecule has 0 saturated carbocycles. The van der Waals surface area contributed by atoms with E-state index in [1.54, 1.807) is 0 Å². The molecule has 5 nitrogen and oxygen atoms in total. The molecule has 1 saturated heterocycles. The highest BCUT2D eigenvalue weighted by molar-refractivity contribution is 5.16. The van der Waals surface area contributed by atoms with Gasteiger partial charge in [-0.15, -0.1) is 0 Å². The zero-order valence-corrected chi connectivity index (χ0v) is 22.2. The van der Waals surface area contributed by atoms with Crippen LogP contribution < -0.4 is 0 Å². The van der Waals surface area contributed by atoms with Crippen LogP contribution >= 0.6 is 0 Å².